The lowest BCUT2D eigenvalue weighted by Crippen LogP contribution is -2.12. The van der Waals surface area contributed by atoms with Crippen molar-refractivity contribution >= 4 is 34.3 Å². The van der Waals surface area contributed by atoms with Gasteiger partial charge < -0.3 is 10.3 Å². The molecule has 1 amide bonds. The van der Waals surface area contributed by atoms with Crippen LogP contribution in [0.2, 0.25) is 0 Å². The summed E-state index contributed by atoms with van der Waals surface area (Å²) in [6, 6.07) is 15.0. The summed E-state index contributed by atoms with van der Waals surface area (Å²) in [5, 5.41) is 3.35. The third-order valence-corrected chi connectivity index (χ3v) is 4.46. The van der Waals surface area contributed by atoms with Crippen LogP contribution in [0.25, 0.3) is 10.9 Å². The van der Waals surface area contributed by atoms with Gasteiger partial charge in [0, 0.05) is 29.7 Å². The van der Waals surface area contributed by atoms with Gasteiger partial charge in [-0.1, -0.05) is 12.1 Å². The lowest BCUT2D eigenvalue weighted by molar-refractivity contribution is -0.114. The summed E-state index contributed by atoms with van der Waals surface area (Å²) in [6.07, 6.45) is 0.679. The third kappa shape index (κ3) is 4.02. The van der Waals surface area contributed by atoms with E-state index in [1.165, 1.54) is 6.92 Å². The van der Waals surface area contributed by atoms with Crippen LogP contribution in [0.15, 0.2) is 58.2 Å². The van der Waals surface area contributed by atoms with E-state index in [0.29, 0.717) is 17.6 Å². The lowest BCUT2D eigenvalue weighted by Gasteiger charge is -2.05. The fraction of sp³-hybridized carbons (Fsp3) is 0.167. The summed E-state index contributed by atoms with van der Waals surface area (Å²) in [5.41, 5.74) is 1.41. The van der Waals surface area contributed by atoms with Gasteiger partial charge in [-0.05, 0) is 36.4 Å². The summed E-state index contributed by atoms with van der Waals surface area (Å²) in [6.45, 7) is 1.49. The number of aryl methyl sites for hydroxylation is 1. The van der Waals surface area contributed by atoms with Gasteiger partial charge in [0.2, 0.25) is 5.91 Å². The van der Waals surface area contributed by atoms with E-state index in [4.69, 9.17) is 0 Å². The zero-order chi connectivity index (χ0) is 16.9. The molecule has 0 saturated heterocycles. The van der Waals surface area contributed by atoms with Gasteiger partial charge in [-0.25, -0.2) is 4.98 Å². The highest BCUT2D eigenvalue weighted by Crippen LogP contribution is 2.21. The second-order valence-corrected chi connectivity index (χ2v) is 6.50. The molecule has 0 aliphatic heterocycles. The number of H-pyrrole nitrogens is 1. The van der Waals surface area contributed by atoms with Gasteiger partial charge in [0.15, 0.2) is 0 Å². The number of amides is 1. The van der Waals surface area contributed by atoms with Crippen LogP contribution in [0, 0.1) is 0 Å². The fourth-order valence-electron chi connectivity index (χ4n) is 2.36. The molecule has 1 heterocycles. The van der Waals surface area contributed by atoms with E-state index in [9.17, 15) is 9.59 Å². The Kier molecular flexibility index (Phi) is 4.96. The van der Waals surface area contributed by atoms with Crippen LogP contribution in [0.5, 0.6) is 0 Å². The molecule has 2 aromatic carbocycles. The molecule has 0 aliphatic carbocycles. The van der Waals surface area contributed by atoms with Crippen molar-refractivity contribution in [1.82, 2.24) is 9.97 Å². The van der Waals surface area contributed by atoms with Gasteiger partial charge in [-0.2, -0.15) is 0 Å². The SMILES string of the molecule is CC(=O)Nc1ccc(SCCc2nc3ccccc3c(=O)[nH]2)cc1. The first-order valence-corrected chi connectivity index (χ1v) is 8.59. The zero-order valence-corrected chi connectivity index (χ0v) is 14.0. The fourth-order valence-corrected chi connectivity index (χ4v) is 3.22. The first-order chi connectivity index (χ1) is 11.6. The molecule has 3 rings (SSSR count). The summed E-state index contributed by atoms with van der Waals surface area (Å²) in [4.78, 5) is 31.5. The van der Waals surface area contributed by atoms with Gasteiger partial charge >= 0.3 is 0 Å². The van der Waals surface area contributed by atoms with Crippen molar-refractivity contribution in [3.8, 4) is 0 Å². The highest BCUT2D eigenvalue weighted by Gasteiger charge is 2.04. The maximum absolute atomic E-state index is 12.0. The number of carbonyl (C=O) groups excluding carboxylic acids is 1. The Morgan fingerprint density at radius 1 is 1.17 bits per heavy atom. The predicted molar refractivity (Wildman–Crippen MR) is 97.5 cm³/mol. The number of nitrogens with zero attached hydrogens (tertiary/aromatic N) is 1. The van der Waals surface area contributed by atoms with E-state index in [-0.39, 0.29) is 11.5 Å². The molecule has 2 N–H and O–H groups in total. The quantitative estimate of drug-likeness (QED) is 0.700. The molecule has 0 atom stereocenters. The molecule has 6 heteroatoms. The predicted octanol–water partition coefficient (Wildman–Crippen LogP) is 3.22. The Labute approximate surface area is 143 Å². The van der Waals surface area contributed by atoms with Crippen LogP contribution in [0.4, 0.5) is 5.69 Å². The number of carbonyl (C=O) groups is 1. The third-order valence-electron chi connectivity index (χ3n) is 3.44. The Morgan fingerprint density at radius 3 is 2.67 bits per heavy atom. The van der Waals surface area contributed by atoms with Crippen LogP contribution in [0.3, 0.4) is 0 Å². The van der Waals surface area contributed by atoms with Crippen LogP contribution in [0.1, 0.15) is 12.7 Å². The number of anilines is 1. The number of thioether (sulfide) groups is 1. The number of aromatic amines is 1. The van der Waals surface area contributed by atoms with Crippen LogP contribution in [-0.2, 0) is 11.2 Å². The molecule has 24 heavy (non-hydrogen) atoms. The Morgan fingerprint density at radius 2 is 1.92 bits per heavy atom. The van der Waals surface area contributed by atoms with Crippen molar-refractivity contribution in [1.29, 1.82) is 0 Å². The number of nitrogens with one attached hydrogen (secondary N) is 2. The Balaban J connectivity index is 1.62. The summed E-state index contributed by atoms with van der Waals surface area (Å²) in [5.74, 6) is 1.42. The number of benzene rings is 2. The zero-order valence-electron chi connectivity index (χ0n) is 13.2. The number of hydrogen-bond acceptors (Lipinski definition) is 4. The van der Waals surface area contributed by atoms with E-state index >= 15 is 0 Å². The molecule has 0 saturated carbocycles. The number of rotatable bonds is 5. The molecule has 0 radical (unpaired) electrons. The molecule has 0 unspecified atom stereocenters. The average molecular weight is 339 g/mol. The smallest absolute Gasteiger partial charge is 0.258 e. The van der Waals surface area contributed by atoms with Crippen LogP contribution < -0.4 is 10.9 Å². The van der Waals surface area contributed by atoms with Crippen molar-refractivity contribution in [2.24, 2.45) is 0 Å². The monoisotopic (exact) mass is 339 g/mol. The van der Waals surface area contributed by atoms with E-state index in [1.807, 2.05) is 42.5 Å². The topological polar surface area (TPSA) is 74.8 Å². The van der Waals surface area contributed by atoms with Gasteiger partial charge in [0.05, 0.1) is 10.9 Å². The lowest BCUT2D eigenvalue weighted by atomic mass is 10.2. The van der Waals surface area contributed by atoms with Crippen LogP contribution in [-0.4, -0.2) is 21.6 Å². The van der Waals surface area contributed by atoms with Gasteiger partial charge in [-0.15, -0.1) is 11.8 Å². The number of para-hydroxylation sites is 1. The maximum Gasteiger partial charge on any atom is 0.258 e. The normalized spacial score (nSPS) is 10.7. The second-order valence-electron chi connectivity index (χ2n) is 5.33. The van der Waals surface area contributed by atoms with E-state index in [1.54, 1.807) is 17.8 Å². The molecule has 0 aliphatic rings. The summed E-state index contributed by atoms with van der Waals surface area (Å²) in [7, 11) is 0. The largest absolute Gasteiger partial charge is 0.326 e. The molecular weight excluding hydrogens is 322 g/mol. The Hall–Kier alpha value is -2.60. The first-order valence-electron chi connectivity index (χ1n) is 7.60. The minimum Gasteiger partial charge on any atom is -0.326 e. The van der Waals surface area contributed by atoms with Gasteiger partial charge in [0.1, 0.15) is 5.82 Å². The molecule has 1 aromatic heterocycles. The minimum atomic E-state index is -0.0970. The number of aromatic nitrogens is 2. The van der Waals surface area contributed by atoms with E-state index in [0.717, 1.165) is 21.9 Å². The number of hydrogen-bond donors (Lipinski definition) is 2. The molecule has 0 bridgehead atoms. The second kappa shape index (κ2) is 7.31. The summed E-state index contributed by atoms with van der Waals surface area (Å²) >= 11 is 1.68. The first kappa shape index (κ1) is 16.3. The molecule has 122 valence electrons. The van der Waals surface area contributed by atoms with E-state index < -0.39 is 0 Å². The van der Waals surface area contributed by atoms with Crippen molar-refractivity contribution in [3.05, 3.63) is 64.7 Å². The average Bonchev–Trinajstić information content (AvgIpc) is 2.56. The number of fused-ring (bicyclic) bond motifs is 1. The highest BCUT2D eigenvalue weighted by molar-refractivity contribution is 7.99. The van der Waals surface area contributed by atoms with Crippen molar-refractivity contribution in [2.45, 2.75) is 18.2 Å². The standard InChI is InChI=1S/C18H17N3O2S/c1-12(22)19-13-6-8-14(9-7-13)24-11-10-17-20-16-5-3-2-4-15(16)18(23)21-17/h2-9H,10-11H2,1H3,(H,19,22)(H,20,21,23). The van der Waals surface area contributed by atoms with Crippen molar-refractivity contribution < 1.29 is 4.79 Å². The molecule has 0 spiro atoms. The van der Waals surface area contributed by atoms with Crippen molar-refractivity contribution in [3.63, 3.8) is 0 Å². The summed E-state index contributed by atoms with van der Waals surface area (Å²) < 4.78 is 0. The molecular formula is C18H17N3O2S. The highest BCUT2D eigenvalue weighted by atomic mass is 32.2. The van der Waals surface area contributed by atoms with Gasteiger partial charge in [-0.3, -0.25) is 9.59 Å². The van der Waals surface area contributed by atoms with E-state index in [2.05, 4.69) is 15.3 Å². The van der Waals surface area contributed by atoms with Crippen LogP contribution >= 0.6 is 11.8 Å². The maximum atomic E-state index is 12.0. The molecule has 0 fully saturated rings. The molecule has 3 aromatic rings. The van der Waals surface area contributed by atoms with Crippen molar-refractivity contribution in [2.75, 3.05) is 11.1 Å². The Bertz CT molecular complexity index is 919. The molecule has 5 nitrogen and oxygen atoms in total. The van der Waals surface area contributed by atoms with Gasteiger partial charge in [0.25, 0.3) is 5.56 Å². The minimum absolute atomic E-state index is 0.0817.